The largest absolute Gasteiger partial charge is 0.444 e. The van der Waals surface area contributed by atoms with Gasteiger partial charge in [0.2, 0.25) is 5.95 Å². The van der Waals surface area contributed by atoms with E-state index in [1.807, 2.05) is 0 Å². The van der Waals surface area contributed by atoms with Crippen molar-refractivity contribution in [2.45, 2.75) is 50.9 Å². The number of carbonyl (C=O) groups excluding carboxylic acids is 1. The Balaban J connectivity index is 1.54. The Bertz CT molecular complexity index is 1530. The van der Waals surface area contributed by atoms with Crippen LogP contribution >= 0.6 is 23.2 Å². The molecule has 5 rings (SSSR count). The van der Waals surface area contributed by atoms with Gasteiger partial charge in [0.1, 0.15) is 28.7 Å². The molecule has 0 aliphatic carbocycles. The number of aromatic nitrogens is 4. The first-order valence-corrected chi connectivity index (χ1v) is 14.6. The van der Waals surface area contributed by atoms with Crippen molar-refractivity contribution in [2.24, 2.45) is 5.92 Å². The highest BCUT2D eigenvalue weighted by atomic mass is 35.5. The second-order valence-corrected chi connectivity index (χ2v) is 13.1. The summed E-state index contributed by atoms with van der Waals surface area (Å²) >= 11 is 12.3. The van der Waals surface area contributed by atoms with Gasteiger partial charge in [0.25, 0.3) is 10.1 Å². The molecular formula is C24H28Cl2N6O7S. The second kappa shape index (κ2) is 10.6. The first-order chi connectivity index (χ1) is 18.8. The van der Waals surface area contributed by atoms with Crippen LogP contribution in [0.25, 0.3) is 11.2 Å². The minimum absolute atomic E-state index is 0.0133. The van der Waals surface area contributed by atoms with Gasteiger partial charge in [-0.1, -0.05) is 35.3 Å². The van der Waals surface area contributed by atoms with Gasteiger partial charge in [-0.05, 0) is 38.5 Å². The van der Waals surface area contributed by atoms with Gasteiger partial charge >= 0.3 is 6.09 Å². The third-order valence-electron chi connectivity index (χ3n) is 6.43. The molecule has 2 aliphatic heterocycles. The molecule has 2 fully saturated rings. The number of halogens is 2. The predicted molar refractivity (Wildman–Crippen MR) is 145 cm³/mol. The molecule has 0 bridgehead atoms. The number of alkyl carbamates (subject to hydrolysis) is 1. The van der Waals surface area contributed by atoms with Crippen molar-refractivity contribution >= 4 is 56.5 Å². The number of hydrogen-bond acceptors (Lipinski definition) is 11. The summed E-state index contributed by atoms with van der Waals surface area (Å²) in [6.07, 6.45) is -1.01. The molecule has 216 valence electrons. The molecule has 3 N–H and O–H groups in total. The molecule has 16 heteroatoms. The number of anilines is 1. The van der Waals surface area contributed by atoms with Crippen LogP contribution in [0.3, 0.4) is 0 Å². The zero-order chi connectivity index (χ0) is 28.9. The summed E-state index contributed by atoms with van der Waals surface area (Å²) in [6, 6.07) is 7.03. The molecule has 1 aromatic carbocycles. The second-order valence-electron chi connectivity index (χ2n) is 10.6. The molecule has 4 heterocycles. The number of ether oxygens (including phenoxy) is 3. The molecule has 4 atom stereocenters. The van der Waals surface area contributed by atoms with Crippen molar-refractivity contribution in [3.8, 4) is 0 Å². The zero-order valence-corrected chi connectivity index (χ0v) is 24.2. The van der Waals surface area contributed by atoms with E-state index in [2.05, 4.69) is 20.3 Å². The average Bonchev–Trinajstić information content (AvgIpc) is 3.49. The Kier molecular flexibility index (Phi) is 7.61. The molecule has 0 radical (unpaired) electrons. The van der Waals surface area contributed by atoms with Crippen molar-refractivity contribution in [3.05, 3.63) is 46.3 Å². The van der Waals surface area contributed by atoms with Gasteiger partial charge in [0.05, 0.1) is 31.6 Å². The summed E-state index contributed by atoms with van der Waals surface area (Å²) in [5.74, 6) is -1.21. The van der Waals surface area contributed by atoms with Crippen molar-refractivity contribution < 1.29 is 31.6 Å². The molecule has 2 saturated heterocycles. The standard InChI is InChI=1S/C24H28Cl2N6O7S/c1-23(2,3)39-22(33)28-8-15-17(36-9-13-4-6-14(25)7-5-13)24(10-37-40(34,35)11-24)38-20(15)32-12-29-16-18(26)30-21(27)31-19(16)32/h4-7,12,15,17,20H,8-11H2,1-3H3,(H,28,33)(H2,27,30,31)/t15-,17+,20-,24?/m1/s1. The number of rotatable bonds is 6. The number of hydrogen-bond donors (Lipinski definition) is 2. The number of nitrogens with one attached hydrogen (secondary N) is 1. The van der Waals surface area contributed by atoms with Gasteiger partial charge in [-0.15, -0.1) is 0 Å². The highest BCUT2D eigenvalue weighted by Gasteiger charge is 2.62. The number of nitrogen functional groups attached to an aromatic ring is 1. The Morgan fingerprint density at radius 2 is 1.98 bits per heavy atom. The number of carbonyl (C=O) groups is 1. The first-order valence-electron chi connectivity index (χ1n) is 12.3. The number of nitrogens with two attached hydrogens (primary N) is 1. The van der Waals surface area contributed by atoms with Crippen LogP contribution in [-0.4, -0.2) is 70.2 Å². The van der Waals surface area contributed by atoms with Gasteiger partial charge in [-0.25, -0.2) is 9.78 Å². The minimum Gasteiger partial charge on any atom is -0.444 e. The Labute approximate surface area is 240 Å². The van der Waals surface area contributed by atoms with E-state index >= 15 is 0 Å². The Hall–Kier alpha value is -2.75. The predicted octanol–water partition coefficient (Wildman–Crippen LogP) is 3.07. The Morgan fingerprint density at radius 3 is 2.62 bits per heavy atom. The summed E-state index contributed by atoms with van der Waals surface area (Å²) in [5, 5.41) is 3.36. The van der Waals surface area contributed by atoms with Crippen molar-refractivity contribution in [1.29, 1.82) is 0 Å². The lowest BCUT2D eigenvalue weighted by molar-refractivity contribution is -0.113. The third-order valence-corrected chi connectivity index (χ3v) is 8.26. The minimum atomic E-state index is -3.91. The number of nitrogens with zero attached hydrogens (tertiary/aromatic N) is 4. The molecule has 1 spiro atoms. The zero-order valence-electron chi connectivity index (χ0n) is 21.8. The Morgan fingerprint density at radius 1 is 1.25 bits per heavy atom. The molecule has 2 aliphatic rings. The lowest BCUT2D eigenvalue weighted by Gasteiger charge is -2.29. The normalized spacial score (nSPS) is 26.0. The number of amides is 1. The number of benzene rings is 1. The SMILES string of the molecule is CC(C)(C)OC(=O)NC[C@H]1[C@H](n2cnc3c(Cl)nc(N)nc32)OC2(COS(=O)(=O)C2)[C@H]1OCc1ccc(Cl)cc1. The summed E-state index contributed by atoms with van der Waals surface area (Å²) in [5.41, 5.74) is 5.04. The number of imidazole rings is 1. The molecule has 3 aromatic rings. The molecule has 1 amide bonds. The highest BCUT2D eigenvalue weighted by Crippen LogP contribution is 2.47. The van der Waals surface area contributed by atoms with E-state index in [-0.39, 0.29) is 42.0 Å². The fourth-order valence-corrected chi connectivity index (χ4v) is 6.57. The molecule has 13 nitrogen and oxygen atoms in total. The maximum absolute atomic E-state index is 12.6. The first kappa shape index (κ1) is 28.8. The van der Waals surface area contributed by atoms with Crippen LogP contribution in [0.5, 0.6) is 0 Å². The maximum Gasteiger partial charge on any atom is 0.407 e. The quantitative estimate of drug-likeness (QED) is 0.309. The van der Waals surface area contributed by atoms with Crippen molar-refractivity contribution in [1.82, 2.24) is 24.8 Å². The van der Waals surface area contributed by atoms with Gasteiger partial charge in [0, 0.05) is 11.6 Å². The maximum atomic E-state index is 12.6. The van der Waals surface area contributed by atoms with Crippen LogP contribution in [0.15, 0.2) is 30.6 Å². The van der Waals surface area contributed by atoms with Crippen molar-refractivity contribution in [3.63, 3.8) is 0 Å². The summed E-state index contributed by atoms with van der Waals surface area (Å²) in [4.78, 5) is 25.1. The van der Waals surface area contributed by atoms with Crippen LogP contribution in [0.2, 0.25) is 10.2 Å². The van der Waals surface area contributed by atoms with Crippen molar-refractivity contribution in [2.75, 3.05) is 24.6 Å². The van der Waals surface area contributed by atoms with Crippen LogP contribution in [-0.2, 0) is 35.1 Å². The summed E-state index contributed by atoms with van der Waals surface area (Å²) in [6.45, 7) is 5.04. The van der Waals surface area contributed by atoms with E-state index in [1.54, 1.807) is 49.6 Å². The fourth-order valence-electron chi connectivity index (χ4n) is 4.85. The van der Waals surface area contributed by atoms with Gasteiger partial charge in [-0.2, -0.15) is 18.4 Å². The lowest BCUT2D eigenvalue weighted by atomic mass is 9.90. The molecule has 1 unspecified atom stereocenters. The van der Waals surface area contributed by atoms with Crippen LogP contribution in [0.1, 0.15) is 32.6 Å². The molecule has 0 saturated carbocycles. The fraction of sp³-hybridized carbons (Fsp3) is 0.500. The van der Waals surface area contributed by atoms with Gasteiger partial charge in [0.15, 0.2) is 10.8 Å². The third kappa shape index (κ3) is 5.97. The molecule has 2 aromatic heterocycles. The number of fused-ring (bicyclic) bond motifs is 1. The van der Waals surface area contributed by atoms with E-state index in [9.17, 15) is 13.2 Å². The van der Waals surface area contributed by atoms with Gasteiger partial charge < -0.3 is 25.3 Å². The molecular weight excluding hydrogens is 587 g/mol. The smallest absolute Gasteiger partial charge is 0.407 e. The van der Waals surface area contributed by atoms with Crippen LogP contribution in [0, 0.1) is 5.92 Å². The van der Waals surface area contributed by atoms with Gasteiger partial charge in [-0.3, -0.25) is 8.75 Å². The van der Waals surface area contributed by atoms with E-state index < -0.39 is 51.4 Å². The van der Waals surface area contributed by atoms with Crippen LogP contribution < -0.4 is 11.1 Å². The van der Waals surface area contributed by atoms with E-state index in [4.69, 9.17) is 47.3 Å². The van der Waals surface area contributed by atoms with E-state index in [1.165, 1.54) is 6.33 Å². The summed E-state index contributed by atoms with van der Waals surface area (Å²) < 4.78 is 50.1. The average molecular weight is 615 g/mol. The highest BCUT2D eigenvalue weighted by molar-refractivity contribution is 7.87. The molecule has 40 heavy (non-hydrogen) atoms. The summed E-state index contributed by atoms with van der Waals surface area (Å²) in [7, 11) is -3.91. The topological polar surface area (TPSA) is 170 Å². The van der Waals surface area contributed by atoms with Crippen LogP contribution in [0.4, 0.5) is 10.7 Å². The van der Waals surface area contributed by atoms with E-state index in [0.29, 0.717) is 5.02 Å². The van der Waals surface area contributed by atoms with E-state index in [0.717, 1.165) is 5.56 Å². The lowest BCUT2D eigenvalue weighted by Crippen LogP contribution is -2.49. The monoisotopic (exact) mass is 614 g/mol.